The molecule has 1 N–H and O–H groups in total. The van der Waals surface area contributed by atoms with Gasteiger partial charge >= 0.3 is 12.1 Å². The Morgan fingerprint density at radius 2 is 2.00 bits per heavy atom. The van der Waals surface area contributed by atoms with Crippen molar-refractivity contribution in [2.75, 3.05) is 13.6 Å². The van der Waals surface area contributed by atoms with Gasteiger partial charge in [-0.3, -0.25) is 14.6 Å². The summed E-state index contributed by atoms with van der Waals surface area (Å²) in [6.07, 6.45) is -3.24. The van der Waals surface area contributed by atoms with Crippen LogP contribution in [0.2, 0.25) is 0 Å². The van der Waals surface area contributed by atoms with Crippen LogP contribution in [0.15, 0.2) is 18.5 Å². The molecule has 0 aliphatic carbocycles. The molecule has 0 aliphatic heterocycles. The molecule has 0 atom stereocenters. The highest BCUT2D eigenvalue weighted by Gasteiger charge is 2.31. The second kappa shape index (κ2) is 5.68. The van der Waals surface area contributed by atoms with Gasteiger partial charge in [0.1, 0.15) is 0 Å². The number of hydrogen-bond acceptors (Lipinski definition) is 3. The van der Waals surface area contributed by atoms with E-state index in [1.807, 2.05) is 0 Å². The summed E-state index contributed by atoms with van der Waals surface area (Å²) in [6.45, 7) is -0.0928. The first-order chi connectivity index (χ1) is 8.71. The normalized spacial score (nSPS) is 11.2. The molecule has 5 nitrogen and oxygen atoms in total. The number of halogens is 3. The van der Waals surface area contributed by atoms with Crippen molar-refractivity contribution in [1.82, 2.24) is 9.88 Å². The minimum absolute atomic E-state index is 0.0928. The number of pyridine rings is 1. The Bertz CT molecular complexity index is 488. The highest BCUT2D eigenvalue weighted by molar-refractivity contribution is 5.94. The lowest BCUT2D eigenvalue weighted by Gasteiger charge is -2.16. The molecule has 0 aliphatic rings. The molecule has 19 heavy (non-hydrogen) atoms. The van der Waals surface area contributed by atoms with E-state index < -0.39 is 23.6 Å². The largest absolute Gasteiger partial charge is 0.481 e. The quantitative estimate of drug-likeness (QED) is 0.907. The van der Waals surface area contributed by atoms with Crippen LogP contribution in [0.1, 0.15) is 22.3 Å². The van der Waals surface area contributed by atoms with Gasteiger partial charge < -0.3 is 10.0 Å². The van der Waals surface area contributed by atoms with Crippen LogP contribution in [0.3, 0.4) is 0 Å². The SMILES string of the molecule is CN(CCC(=O)O)C(=O)c1cncc(C(F)(F)F)c1. The second-order valence-corrected chi connectivity index (χ2v) is 3.83. The van der Waals surface area contributed by atoms with Crippen molar-refractivity contribution in [3.05, 3.63) is 29.6 Å². The van der Waals surface area contributed by atoms with Crippen LogP contribution in [0.25, 0.3) is 0 Å². The van der Waals surface area contributed by atoms with Crippen LogP contribution in [0.5, 0.6) is 0 Å². The minimum Gasteiger partial charge on any atom is -0.481 e. The highest BCUT2D eigenvalue weighted by atomic mass is 19.4. The molecule has 0 fully saturated rings. The summed E-state index contributed by atoms with van der Waals surface area (Å²) in [7, 11) is 1.31. The maximum absolute atomic E-state index is 12.4. The fraction of sp³-hybridized carbons (Fsp3) is 0.364. The number of carbonyl (C=O) groups is 2. The third kappa shape index (κ3) is 4.23. The number of carboxylic acid groups (broad SMARTS) is 1. The fourth-order valence-corrected chi connectivity index (χ4v) is 1.30. The third-order valence-electron chi connectivity index (χ3n) is 2.32. The first-order valence-electron chi connectivity index (χ1n) is 5.21. The Labute approximate surface area is 106 Å². The Morgan fingerprint density at radius 1 is 1.37 bits per heavy atom. The van der Waals surface area contributed by atoms with E-state index in [0.29, 0.717) is 12.3 Å². The van der Waals surface area contributed by atoms with Crippen LogP contribution in [-0.4, -0.2) is 40.5 Å². The maximum Gasteiger partial charge on any atom is 0.417 e. The lowest BCUT2D eigenvalue weighted by Crippen LogP contribution is -2.29. The number of carbonyl (C=O) groups excluding carboxylic acids is 1. The van der Waals surface area contributed by atoms with Crippen molar-refractivity contribution in [3.8, 4) is 0 Å². The zero-order chi connectivity index (χ0) is 14.6. The molecule has 0 saturated carbocycles. The maximum atomic E-state index is 12.4. The summed E-state index contributed by atoms with van der Waals surface area (Å²) in [5.41, 5.74) is -1.26. The number of aliphatic carboxylic acids is 1. The Kier molecular flexibility index (Phi) is 4.47. The third-order valence-corrected chi connectivity index (χ3v) is 2.32. The molecule has 1 amide bonds. The van der Waals surface area contributed by atoms with Gasteiger partial charge in [-0.2, -0.15) is 13.2 Å². The second-order valence-electron chi connectivity index (χ2n) is 3.83. The van der Waals surface area contributed by atoms with Crippen molar-refractivity contribution in [3.63, 3.8) is 0 Å². The molecule has 1 aromatic rings. The zero-order valence-electron chi connectivity index (χ0n) is 9.94. The summed E-state index contributed by atoms with van der Waals surface area (Å²) < 4.78 is 37.3. The van der Waals surface area contributed by atoms with Gasteiger partial charge in [0, 0.05) is 26.0 Å². The molecular weight excluding hydrogens is 265 g/mol. The van der Waals surface area contributed by atoms with Gasteiger partial charge in [0.15, 0.2) is 0 Å². The number of nitrogens with zero attached hydrogens (tertiary/aromatic N) is 2. The van der Waals surface area contributed by atoms with Crippen molar-refractivity contribution >= 4 is 11.9 Å². The predicted molar refractivity (Wildman–Crippen MR) is 58.5 cm³/mol. The molecule has 1 aromatic heterocycles. The number of hydrogen-bond donors (Lipinski definition) is 1. The number of alkyl halides is 3. The Balaban J connectivity index is 2.85. The molecule has 0 bridgehead atoms. The van der Waals surface area contributed by atoms with E-state index in [1.54, 1.807) is 0 Å². The van der Waals surface area contributed by atoms with E-state index in [9.17, 15) is 22.8 Å². The van der Waals surface area contributed by atoms with Crippen LogP contribution in [0, 0.1) is 0 Å². The molecule has 0 radical (unpaired) electrons. The molecule has 1 heterocycles. The number of rotatable bonds is 4. The highest BCUT2D eigenvalue weighted by Crippen LogP contribution is 2.29. The van der Waals surface area contributed by atoms with Crippen molar-refractivity contribution in [2.24, 2.45) is 0 Å². The molecule has 8 heteroatoms. The average molecular weight is 276 g/mol. The lowest BCUT2D eigenvalue weighted by atomic mass is 10.2. The standard InChI is InChI=1S/C11H11F3N2O3/c1-16(3-2-9(17)18)10(19)7-4-8(6-15-5-7)11(12,13)14/h4-6H,2-3H2,1H3,(H,17,18). The molecular formula is C11H11F3N2O3. The first-order valence-corrected chi connectivity index (χ1v) is 5.21. The summed E-state index contributed by atoms with van der Waals surface area (Å²) in [6, 6.07) is 0.687. The number of amides is 1. The minimum atomic E-state index is -4.58. The van der Waals surface area contributed by atoms with E-state index in [2.05, 4.69) is 4.98 Å². The lowest BCUT2D eigenvalue weighted by molar-refractivity contribution is -0.138. The van der Waals surface area contributed by atoms with Gasteiger partial charge in [0.25, 0.3) is 5.91 Å². The summed E-state index contributed by atoms with van der Waals surface area (Å²) in [5, 5.41) is 8.47. The van der Waals surface area contributed by atoms with Gasteiger partial charge in [0.05, 0.1) is 17.5 Å². The van der Waals surface area contributed by atoms with Crippen LogP contribution < -0.4 is 0 Å². The van der Waals surface area contributed by atoms with E-state index in [4.69, 9.17) is 5.11 Å². The fourth-order valence-electron chi connectivity index (χ4n) is 1.30. The topological polar surface area (TPSA) is 70.5 Å². The average Bonchev–Trinajstić information content (AvgIpc) is 2.34. The van der Waals surface area contributed by atoms with Gasteiger partial charge in [-0.25, -0.2) is 0 Å². The van der Waals surface area contributed by atoms with Gasteiger partial charge in [-0.05, 0) is 6.07 Å². The molecule has 104 valence electrons. The molecule has 0 aromatic carbocycles. The van der Waals surface area contributed by atoms with Crippen molar-refractivity contribution < 1.29 is 27.9 Å². The van der Waals surface area contributed by atoms with Gasteiger partial charge in [-0.15, -0.1) is 0 Å². The number of aromatic nitrogens is 1. The van der Waals surface area contributed by atoms with Crippen LogP contribution in [-0.2, 0) is 11.0 Å². The van der Waals surface area contributed by atoms with Crippen molar-refractivity contribution in [2.45, 2.75) is 12.6 Å². The van der Waals surface area contributed by atoms with E-state index in [-0.39, 0.29) is 18.5 Å². The zero-order valence-corrected chi connectivity index (χ0v) is 9.94. The smallest absolute Gasteiger partial charge is 0.417 e. The summed E-state index contributed by atoms with van der Waals surface area (Å²) in [4.78, 5) is 26.5. The molecule has 0 saturated heterocycles. The van der Waals surface area contributed by atoms with E-state index >= 15 is 0 Å². The van der Waals surface area contributed by atoms with Gasteiger partial charge in [-0.1, -0.05) is 0 Å². The van der Waals surface area contributed by atoms with Crippen molar-refractivity contribution in [1.29, 1.82) is 0 Å². The molecule has 0 spiro atoms. The summed E-state index contributed by atoms with van der Waals surface area (Å²) in [5.74, 6) is -1.80. The summed E-state index contributed by atoms with van der Waals surface area (Å²) >= 11 is 0. The number of carboxylic acids is 1. The van der Waals surface area contributed by atoms with E-state index in [0.717, 1.165) is 11.1 Å². The molecule has 1 rings (SSSR count). The van der Waals surface area contributed by atoms with Gasteiger partial charge in [0.2, 0.25) is 0 Å². The van der Waals surface area contributed by atoms with Crippen LogP contribution >= 0.6 is 0 Å². The first kappa shape index (κ1) is 14.9. The molecule has 0 unspecified atom stereocenters. The predicted octanol–water partition coefficient (Wildman–Crippen LogP) is 1.65. The Hall–Kier alpha value is -2.12. The van der Waals surface area contributed by atoms with E-state index in [1.165, 1.54) is 7.05 Å². The Morgan fingerprint density at radius 3 is 2.53 bits per heavy atom. The van der Waals surface area contributed by atoms with Crippen LogP contribution in [0.4, 0.5) is 13.2 Å². The monoisotopic (exact) mass is 276 g/mol.